The van der Waals surface area contributed by atoms with Crippen LogP contribution in [0.4, 0.5) is 4.79 Å². The summed E-state index contributed by atoms with van der Waals surface area (Å²) in [4.78, 5) is 27.5. The first kappa shape index (κ1) is 17.8. The molecule has 1 rings (SSSR count). The van der Waals surface area contributed by atoms with Crippen molar-refractivity contribution in [2.75, 3.05) is 39.3 Å². The van der Waals surface area contributed by atoms with Gasteiger partial charge >= 0.3 is 6.09 Å². The van der Waals surface area contributed by atoms with Crippen LogP contribution in [0.5, 0.6) is 0 Å². The van der Waals surface area contributed by atoms with Crippen LogP contribution in [-0.4, -0.2) is 66.7 Å². The van der Waals surface area contributed by atoms with E-state index in [1.54, 1.807) is 4.90 Å². The van der Waals surface area contributed by atoms with Crippen LogP contribution in [0.2, 0.25) is 0 Å². The molecule has 1 fully saturated rings. The summed E-state index contributed by atoms with van der Waals surface area (Å²) in [5.41, 5.74) is -0.209. The van der Waals surface area contributed by atoms with E-state index in [2.05, 4.69) is 10.2 Å². The number of hydrogen-bond acceptors (Lipinski definition) is 4. The molecule has 6 nitrogen and oxygen atoms in total. The van der Waals surface area contributed by atoms with Gasteiger partial charge in [-0.25, -0.2) is 4.79 Å². The van der Waals surface area contributed by atoms with Crippen molar-refractivity contribution in [3.63, 3.8) is 0 Å². The summed E-state index contributed by atoms with van der Waals surface area (Å²) in [6.45, 7) is 13.4. The summed E-state index contributed by atoms with van der Waals surface area (Å²) >= 11 is 0. The standard InChI is InChI=1S/C15H29N3O3/c1-12(2)11-21-14(20)18-8-6-17(7-9-18)10-13(19)16-15(3,4)5/h12H,6-11H2,1-5H3,(H,16,19). The molecule has 1 aliphatic rings. The lowest BCUT2D eigenvalue weighted by molar-refractivity contribution is -0.124. The Morgan fingerprint density at radius 1 is 1.14 bits per heavy atom. The number of carbonyl (C=O) groups excluding carboxylic acids is 2. The van der Waals surface area contributed by atoms with E-state index in [9.17, 15) is 9.59 Å². The second-order valence-electron chi connectivity index (χ2n) is 7.03. The van der Waals surface area contributed by atoms with Crippen molar-refractivity contribution < 1.29 is 14.3 Å². The fourth-order valence-electron chi connectivity index (χ4n) is 2.08. The number of nitrogens with one attached hydrogen (secondary N) is 1. The Balaban J connectivity index is 2.29. The number of piperazine rings is 1. The van der Waals surface area contributed by atoms with Gasteiger partial charge in [-0.3, -0.25) is 9.69 Å². The molecule has 1 aliphatic heterocycles. The van der Waals surface area contributed by atoms with Crippen molar-refractivity contribution in [1.82, 2.24) is 15.1 Å². The van der Waals surface area contributed by atoms with Crippen LogP contribution < -0.4 is 5.32 Å². The fourth-order valence-corrected chi connectivity index (χ4v) is 2.08. The Morgan fingerprint density at radius 3 is 2.19 bits per heavy atom. The van der Waals surface area contributed by atoms with Gasteiger partial charge in [-0.15, -0.1) is 0 Å². The first-order valence-electron chi connectivity index (χ1n) is 7.62. The van der Waals surface area contributed by atoms with Gasteiger partial charge < -0.3 is 15.0 Å². The second-order valence-corrected chi connectivity index (χ2v) is 7.03. The number of amides is 2. The highest BCUT2D eigenvalue weighted by atomic mass is 16.6. The van der Waals surface area contributed by atoms with Crippen LogP contribution in [0.25, 0.3) is 0 Å². The van der Waals surface area contributed by atoms with E-state index in [4.69, 9.17) is 4.74 Å². The van der Waals surface area contributed by atoms with E-state index >= 15 is 0 Å². The quantitative estimate of drug-likeness (QED) is 0.850. The van der Waals surface area contributed by atoms with E-state index in [-0.39, 0.29) is 17.5 Å². The third-order valence-corrected chi connectivity index (χ3v) is 3.05. The van der Waals surface area contributed by atoms with Crippen molar-refractivity contribution in [2.24, 2.45) is 5.92 Å². The maximum absolute atomic E-state index is 11.9. The number of ether oxygens (including phenoxy) is 1. The van der Waals surface area contributed by atoms with Crippen LogP contribution in [-0.2, 0) is 9.53 Å². The lowest BCUT2D eigenvalue weighted by Gasteiger charge is -2.34. The van der Waals surface area contributed by atoms with Crippen molar-refractivity contribution in [3.05, 3.63) is 0 Å². The number of carbonyl (C=O) groups is 2. The summed E-state index contributed by atoms with van der Waals surface area (Å²) in [7, 11) is 0. The van der Waals surface area contributed by atoms with Crippen molar-refractivity contribution in [2.45, 2.75) is 40.2 Å². The highest BCUT2D eigenvalue weighted by molar-refractivity contribution is 5.78. The molecule has 1 N–H and O–H groups in total. The molecular formula is C15H29N3O3. The summed E-state index contributed by atoms with van der Waals surface area (Å²) < 4.78 is 5.21. The van der Waals surface area contributed by atoms with Crippen molar-refractivity contribution in [1.29, 1.82) is 0 Å². The second kappa shape index (κ2) is 7.64. The molecule has 0 atom stereocenters. The zero-order valence-corrected chi connectivity index (χ0v) is 13.9. The Labute approximate surface area is 127 Å². The highest BCUT2D eigenvalue weighted by Crippen LogP contribution is 2.06. The number of rotatable bonds is 4. The molecule has 21 heavy (non-hydrogen) atoms. The lowest BCUT2D eigenvalue weighted by Crippen LogP contribution is -2.53. The first-order valence-corrected chi connectivity index (χ1v) is 7.62. The molecule has 2 amide bonds. The predicted molar refractivity (Wildman–Crippen MR) is 82.1 cm³/mol. The van der Waals surface area contributed by atoms with E-state index < -0.39 is 0 Å². The minimum atomic E-state index is -0.248. The molecule has 0 aromatic carbocycles. The van der Waals surface area contributed by atoms with Gasteiger partial charge in [-0.1, -0.05) is 13.8 Å². The van der Waals surface area contributed by atoms with Gasteiger partial charge in [0, 0.05) is 31.7 Å². The lowest BCUT2D eigenvalue weighted by atomic mass is 10.1. The number of hydrogen-bond donors (Lipinski definition) is 1. The largest absolute Gasteiger partial charge is 0.449 e. The molecule has 0 saturated carbocycles. The average molecular weight is 299 g/mol. The molecule has 0 aromatic rings. The van der Waals surface area contributed by atoms with Crippen molar-refractivity contribution in [3.8, 4) is 0 Å². The summed E-state index contributed by atoms with van der Waals surface area (Å²) in [5.74, 6) is 0.370. The van der Waals surface area contributed by atoms with Crippen LogP contribution in [0.1, 0.15) is 34.6 Å². The van der Waals surface area contributed by atoms with E-state index in [0.29, 0.717) is 45.2 Å². The van der Waals surface area contributed by atoms with Crippen LogP contribution in [0.3, 0.4) is 0 Å². The Hall–Kier alpha value is -1.30. The minimum absolute atomic E-state index is 0.0262. The highest BCUT2D eigenvalue weighted by Gasteiger charge is 2.24. The maximum atomic E-state index is 11.9. The molecule has 0 bridgehead atoms. The van der Waals surface area contributed by atoms with Gasteiger partial charge in [0.2, 0.25) is 5.91 Å². The van der Waals surface area contributed by atoms with E-state index in [1.165, 1.54) is 0 Å². The van der Waals surface area contributed by atoms with Crippen LogP contribution in [0.15, 0.2) is 0 Å². The zero-order valence-electron chi connectivity index (χ0n) is 13.9. The first-order chi connectivity index (χ1) is 9.67. The fraction of sp³-hybridized carbons (Fsp3) is 0.867. The average Bonchev–Trinajstić information content (AvgIpc) is 2.34. The molecule has 1 heterocycles. The monoisotopic (exact) mass is 299 g/mol. The predicted octanol–water partition coefficient (Wildman–Crippen LogP) is 1.31. The maximum Gasteiger partial charge on any atom is 0.409 e. The van der Waals surface area contributed by atoms with E-state index in [0.717, 1.165) is 0 Å². The molecule has 0 unspecified atom stereocenters. The normalized spacial score (nSPS) is 17.0. The smallest absolute Gasteiger partial charge is 0.409 e. The van der Waals surface area contributed by atoms with Crippen molar-refractivity contribution >= 4 is 12.0 Å². The summed E-state index contributed by atoms with van der Waals surface area (Å²) in [5, 5.41) is 2.95. The van der Waals surface area contributed by atoms with Crippen LogP contribution in [0, 0.1) is 5.92 Å². The van der Waals surface area contributed by atoms with Gasteiger partial charge in [-0.05, 0) is 26.7 Å². The SMILES string of the molecule is CC(C)COC(=O)N1CCN(CC(=O)NC(C)(C)C)CC1. The Morgan fingerprint density at radius 2 is 1.71 bits per heavy atom. The topological polar surface area (TPSA) is 61.9 Å². The third-order valence-electron chi connectivity index (χ3n) is 3.05. The molecule has 0 aliphatic carbocycles. The molecule has 6 heteroatoms. The van der Waals surface area contributed by atoms with Gasteiger partial charge in [0.1, 0.15) is 0 Å². The molecule has 0 radical (unpaired) electrons. The number of nitrogens with zero attached hydrogens (tertiary/aromatic N) is 2. The Bertz CT molecular complexity index is 356. The zero-order chi connectivity index (χ0) is 16.0. The molecule has 1 saturated heterocycles. The van der Waals surface area contributed by atoms with Gasteiger partial charge in [0.25, 0.3) is 0 Å². The summed E-state index contributed by atoms with van der Waals surface area (Å²) in [6, 6.07) is 0. The molecule has 0 aromatic heterocycles. The third kappa shape index (κ3) is 7.32. The minimum Gasteiger partial charge on any atom is -0.449 e. The van der Waals surface area contributed by atoms with Crippen LogP contribution >= 0.6 is 0 Å². The van der Waals surface area contributed by atoms with E-state index in [1.807, 2.05) is 34.6 Å². The summed E-state index contributed by atoms with van der Waals surface area (Å²) in [6.07, 6.45) is -0.248. The molecular weight excluding hydrogens is 270 g/mol. The molecule has 122 valence electrons. The molecule has 0 spiro atoms. The van der Waals surface area contributed by atoms with Gasteiger partial charge in [0.05, 0.1) is 13.2 Å². The van der Waals surface area contributed by atoms with Gasteiger partial charge in [0.15, 0.2) is 0 Å². The Kier molecular flexibility index (Phi) is 6.45. The van der Waals surface area contributed by atoms with Gasteiger partial charge in [-0.2, -0.15) is 0 Å².